The van der Waals surface area contributed by atoms with Gasteiger partial charge >= 0.3 is 0 Å². The maximum atomic E-state index is 6.48. The first-order chi connectivity index (χ1) is 17.1. The van der Waals surface area contributed by atoms with E-state index < -0.39 is 0 Å². The fraction of sp³-hybridized carbons (Fsp3) is 0.286. The van der Waals surface area contributed by atoms with Gasteiger partial charge in [0.1, 0.15) is 6.23 Å². The van der Waals surface area contributed by atoms with Crippen molar-refractivity contribution in [3.8, 4) is 0 Å². The van der Waals surface area contributed by atoms with Crippen molar-refractivity contribution in [3.05, 3.63) is 106 Å². The predicted octanol–water partition coefficient (Wildman–Crippen LogP) is 6.82. The van der Waals surface area contributed by atoms with Gasteiger partial charge in [0, 0.05) is 39.4 Å². The van der Waals surface area contributed by atoms with Gasteiger partial charge in [-0.1, -0.05) is 65.7 Å². The Bertz CT molecular complexity index is 1250. The Morgan fingerprint density at radius 1 is 0.971 bits per heavy atom. The number of rotatable bonds is 7. The summed E-state index contributed by atoms with van der Waals surface area (Å²) in [7, 11) is 0. The van der Waals surface area contributed by atoms with Crippen molar-refractivity contribution in [2.24, 2.45) is 0 Å². The zero-order valence-electron chi connectivity index (χ0n) is 19.2. The van der Waals surface area contributed by atoms with Gasteiger partial charge < -0.3 is 15.0 Å². The molecule has 35 heavy (non-hydrogen) atoms. The fourth-order valence-corrected chi connectivity index (χ4v) is 7.18. The molecule has 2 saturated heterocycles. The number of ether oxygens (including phenoxy) is 1. The fourth-order valence-electron chi connectivity index (χ4n) is 5.28. The van der Waals surface area contributed by atoms with Crippen molar-refractivity contribution < 1.29 is 4.74 Å². The maximum Gasteiger partial charge on any atom is 0.138 e. The molecule has 0 saturated carbocycles. The monoisotopic (exact) mass is 523 g/mol. The zero-order valence-corrected chi connectivity index (χ0v) is 21.5. The van der Waals surface area contributed by atoms with Crippen molar-refractivity contribution in [2.75, 3.05) is 25.4 Å². The highest BCUT2D eigenvalue weighted by Crippen LogP contribution is 2.55. The van der Waals surface area contributed by atoms with E-state index in [9.17, 15) is 0 Å². The number of nitrogens with zero attached hydrogens (tertiary/aromatic N) is 1. The molecule has 2 aliphatic heterocycles. The molecule has 1 aromatic heterocycles. The number of halogens is 2. The summed E-state index contributed by atoms with van der Waals surface area (Å²) in [5.74, 6) is 1.00. The van der Waals surface area contributed by atoms with E-state index in [0.29, 0.717) is 6.61 Å². The summed E-state index contributed by atoms with van der Waals surface area (Å²) >= 11 is 14.3. The molecule has 6 rings (SSSR count). The third-order valence-electron chi connectivity index (χ3n) is 7.08. The molecule has 2 fully saturated rings. The summed E-state index contributed by atoms with van der Waals surface area (Å²) in [6.45, 7) is 2.48. The van der Waals surface area contributed by atoms with E-state index in [2.05, 4.69) is 69.9 Å². The summed E-state index contributed by atoms with van der Waals surface area (Å²) in [4.78, 5) is 5.94. The lowest BCUT2D eigenvalue weighted by molar-refractivity contribution is 0.0185. The highest BCUT2D eigenvalue weighted by atomic mass is 35.5. The highest BCUT2D eigenvalue weighted by Gasteiger charge is 2.55. The lowest BCUT2D eigenvalue weighted by Gasteiger charge is -2.36. The molecule has 0 spiro atoms. The normalized spacial score (nSPS) is 24.3. The van der Waals surface area contributed by atoms with E-state index in [1.807, 2.05) is 36.0 Å². The van der Waals surface area contributed by atoms with E-state index in [0.717, 1.165) is 40.9 Å². The first kappa shape index (κ1) is 23.4. The van der Waals surface area contributed by atoms with Crippen molar-refractivity contribution >= 4 is 45.9 Å². The Hall–Kier alpha value is -1.99. The van der Waals surface area contributed by atoms with Crippen LogP contribution in [0.3, 0.4) is 0 Å². The Morgan fingerprint density at radius 3 is 2.46 bits per heavy atom. The smallest absolute Gasteiger partial charge is 0.138 e. The first-order valence-electron chi connectivity index (χ1n) is 11.9. The largest absolute Gasteiger partial charge is 0.361 e. The molecule has 0 amide bonds. The van der Waals surface area contributed by atoms with Gasteiger partial charge in [-0.25, -0.2) is 4.90 Å². The number of nitrogens with one attached hydrogen (secondary N) is 2. The van der Waals surface area contributed by atoms with Gasteiger partial charge in [-0.15, -0.1) is 11.8 Å². The van der Waals surface area contributed by atoms with Gasteiger partial charge in [-0.3, -0.25) is 0 Å². The van der Waals surface area contributed by atoms with E-state index in [1.54, 1.807) is 0 Å². The number of benzene rings is 3. The quantitative estimate of drug-likeness (QED) is 0.260. The minimum Gasteiger partial charge on any atom is -0.361 e. The van der Waals surface area contributed by atoms with Crippen molar-refractivity contribution in [1.29, 1.82) is 0 Å². The molecule has 3 aromatic carbocycles. The van der Waals surface area contributed by atoms with Crippen LogP contribution in [0, 0.1) is 0 Å². The van der Waals surface area contributed by atoms with Crippen LogP contribution in [-0.4, -0.2) is 40.9 Å². The van der Waals surface area contributed by atoms with Crippen LogP contribution in [0.2, 0.25) is 10.0 Å². The van der Waals surface area contributed by atoms with Gasteiger partial charge in [0.15, 0.2) is 0 Å². The molecule has 4 aromatic rings. The van der Waals surface area contributed by atoms with E-state index in [-0.39, 0.29) is 17.1 Å². The molecule has 4 nitrogen and oxygen atoms in total. The molecule has 0 radical (unpaired) electrons. The Labute approximate surface area is 219 Å². The highest BCUT2D eigenvalue weighted by molar-refractivity contribution is 7.99. The van der Waals surface area contributed by atoms with Gasteiger partial charge in [-0.05, 0) is 60.0 Å². The first-order valence-corrected chi connectivity index (χ1v) is 13.7. The van der Waals surface area contributed by atoms with Crippen LogP contribution < -0.4 is 5.32 Å². The van der Waals surface area contributed by atoms with Gasteiger partial charge in [0.05, 0.1) is 17.5 Å². The minimum absolute atomic E-state index is 0.0838. The van der Waals surface area contributed by atoms with Crippen LogP contribution in [-0.2, 0) is 11.2 Å². The predicted molar refractivity (Wildman–Crippen MR) is 146 cm³/mol. The van der Waals surface area contributed by atoms with Crippen LogP contribution in [0.4, 0.5) is 0 Å². The van der Waals surface area contributed by atoms with Crippen LogP contribution in [0.5, 0.6) is 0 Å². The summed E-state index contributed by atoms with van der Waals surface area (Å²) in [6.07, 6.45) is 3.00. The van der Waals surface area contributed by atoms with E-state index >= 15 is 0 Å². The van der Waals surface area contributed by atoms with Crippen LogP contribution >= 0.6 is 35.0 Å². The van der Waals surface area contributed by atoms with Gasteiger partial charge in [0.25, 0.3) is 0 Å². The average Bonchev–Trinajstić information content (AvgIpc) is 3.56. The molecule has 180 valence electrons. The lowest BCUT2D eigenvalue weighted by Crippen LogP contribution is -2.52. The molecule has 0 unspecified atom stereocenters. The summed E-state index contributed by atoms with van der Waals surface area (Å²) in [6, 6.07) is 24.8. The number of aromatic nitrogens is 1. The average molecular weight is 525 g/mol. The van der Waals surface area contributed by atoms with Crippen molar-refractivity contribution in [2.45, 2.75) is 23.6 Å². The number of aromatic amines is 1. The molecule has 3 atom stereocenters. The third kappa shape index (κ3) is 4.50. The maximum absolute atomic E-state index is 6.48. The zero-order chi connectivity index (χ0) is 23.8. The summed E-state index contributed by atoms with van der Waals surface area (Å²) < 4.78 is 6.48. The third-order valence-corrected chi connectivity index (χ3v) is 9.11. The summed E-state index contributed by atoms with van der Waals surface area (Å²) in [5.41, 5.74) is 4.85. The van der Waals surface area contributed by atoms with Crippen LogP contribution in [0.25, 0.3) is 10.9 Å². The van der Waals surface area contributed by atoms with E-state index in [1.165, 1.54) is 22.0 Å². The summed E-state index contributed by atoms with van der Waals surface area (Å²) in [5, 5.41) is 6.77. The molecule has 3 heterocycles. The molecule has 7 heteroatoms. The number of H-pyrrole nitrogens is 1. The minimum atomic E-state index is -0.113. The second kappa shape index (κ2) is 9.81. The lowest BCUT2D eigenvalue weighted by atomic mass is 9.99. The Balaban J connectivity index is 1.22. The Kier molecular flexibility index (Phi) is 6.56. The number of thioether (sulfide) groups is 1. The molecule has 0 bridgehead atoms. The van der Waals surface area contributed by atoms with Gasteiger partial charge in [0.2, 0.25) is 0 Å². The van der Waals surface area contributed by atoms with Crippen molar-refractivity contribution in [1.82, 2.24) is 15.2 Å². The molecule has 0 aliphatic carbocycles. The second-order valence-corrected chi connectivity index (χ2v) is 11.3. The molecule has 2 aliphatic rings. The number of hydrogen-bond donors (Lipinski definition) is 2. The van der Waals surface area contributed by atoms with Crippen molar-refractivity contribution in [3.63, 3.8) is 0 Å². The standard InChI is InChI=1S/C28H27Cl2N3OS/c29-22-9-5-19(6-10-22)26-33-27(20-7-11-23(30)12-8-20)35-18-28(33,17-34-26)16-31-14-13-21-15-32-25-4-2-1-3-24(21)25/h1-12,15,26-27,31-32H,13-14,16-18H2/t26-,27-,28+/m1/s1. The van der Waals surface area contributed by atoms with E-state index in [4.69, 9.17) is 27.9 Å². The van der Waals surface area contributed by atoms with Crippen LogP contribution in [0.1, 0.15) is 28.3 Å². The number of para-hydroxylation sites is 1. The SMILES string of the molecule is Clc1ccc([C@H]2OC[C@@]3(CNCCc4c[nH]c5ccccc45)CS[C@H](c4ccc(Cl)cc4)N23)cc1. The molecular formula is C28H27Cl2N3OS. The number of fused-ring (bicyclic) bond motifs is 2. The Morgan fingerprint density at radius 2 is 1.69 bits per heavy atom. The van der Waals surface area contributed by atoms with Gasteiger partial charge in [-0.2, -0.15) is 0 Å². The topological polar surface area (TPSA) is 40.3 Å². The second-order valence-electron chi connectivity index (χ2n) is 9.35. The van der Waals surface area contributed by atoms with Crippen LogP contribution in [0.15, 0.2) is 79.0 Å². The number of hydrogen-bond acceptors (Lipinski definition) is 4. The molecule has 2 N–H and O–H groups in total. The molecular weight excluding hydrogens is 497 g/mol.